The summed E-state index contributed by atoms with van der Waals surface area (Å²) < 4.78 is 5.30. The highest BCUT2D eigenvalue weighted by Gasteiger charge is 2.39. The highest BCUT2D eigenvalue weighted by Crippen LogP contribution is 2.37. The lowest BCUT2D eigenvalue weighted by atomic mass is 10.0. The van der Waals surface area contributed by atoms with Crippen LogP contribution in [-0.4, -0.2) is 79.7 Å². The van der Waals surface area contributed by atoms with Gasteiger partial charge in [0, 0.05) is 23.7 Å². The van der Waals surface area contributed by atoms with Crippen LogP contribution < -0.4 is 5.73 Å². The summed E-state index contributed by atoms with van der Waals surface area (Å²) in [5.41, 5.74) is 12.6. The molecule has 2 aliphatic rings. The molecule has 58 heavy (non-hydrogen) atoms. The quantitative estimate of drug-likeness (QED) is 0.119. The van der Waals surface area contributed by atoms with Gasteiger partial charge in [-0.3, -0.25) is 14.5 Å². The van der Waals surface area contributed by atoms with Crippen LogP contribution in [-0.2, 0) is 14.3 Å². The van der Waals surface area contributed by atoms with Crippen LogP contribution in [0.5, 0.6) is 0 Å². The molecule has 4 atom stereocenters. The average Bonchev–Trinajstić information content (AvgIpc) is 4.07. The summed E-state index contributed by atoms with van der Waals surface area (Å²) in [5, 5.41) is 0.607. The number of rotatable bonds is 11. The maximum atomic E-state index is 14.0. The Morgan fingerprint density at radius 1 is 0.707 bits per heavy atom. The number of carbonyl (C=O) groups excluding carboxylic acids is 3. The number of imidazole rings is 2. The number of aromatic amines is 2. The van der Waals surface area contributed by atoms with Crippen molar-refractivity contribution >= 4 is 29.5 Å². The third-order valence-corrected chi connectivity index (χ3v) is 11.3. The lowest BCUT2D eigenvalue weighted by molar-refractivity contribution is -0.141. The lowest BCUT2D eigenvalue weighted by Gasteiger charge is -2.31. The Morgan fingerprint density at radius 2 is 1.21 bits per heavy atom. The number of nitrogens with two attached hydrogens (primary N) is 1. The van der Waals surface area contributed by atoms with Crippen LogP contribution in [0.3, 0.4) is 0 Å². The predicted molar refractivity (Wildman–Crippen MR) is 222 cm³/mol. The minimum atomic E-state index is -1.13. The Bertz CT molecular complexity index is 2400. The van der Waals surface area contributed by atoms with Gasteiger partial charge in [-0.1, -0.05) is 103 Å². The van der Waals surface area contributed by atoms with E-state index in [9.17, 15) is 14.4 Å². The molecule has 2 fully saturated rings. The molecule has 0 aliphatic carbocycles. The molecule has 2 aromatic heterocycles. The van der Waals surface area contributed by atoms with Crippen molar-refractivity contribution in [1.29, 1.82) is 0 Å². The molecule has 0 saturated carbocycles. The summed E-state index contributed by atoms with van der Waals surface area (Å²) in [6.45, 7) is 1.19. The first-order chi connectivity index (χ1) is 28.1. The van der Waals surface area contributed by atoms with Gasteiger partial charge in [0.25, 0.3) is 5.91 Å². The van der Waals surface area contributed by atoms with E-state index in [4.69, 9.17) is 27.1 Å². The number of hydrogen-bond acceptors (Lipinski definition) is 7. The molecule has 2 aliphatic heterocycles. The number of primary amides is 1. The zero-order valence-corrected chi connectivity index (χ0v) is 33.1. The summed E-state index contributed by atoms with van der Waals surface area (Å²) in [6, 6.07) is 32.1. The SMILES string of the molecule is CN(C)C(C(=O)N1CCC[C@H]1c1ncc(-c2ccc(-c3ccc(-c4cnc([C@@H]5CCCN5C(=O)[C@H](OC(N)=O)c5ccccc5)[nH]4)cc3)cc2)[nH]1)c1cccc(Cl)c1. The number of carbonyl (C=O) groups is 3. The van der Waals surface area contributed by atoms with Crippen LogP contribution in [0.25, 0.3) is 33.6 Å². The molecule has 4 aromatic carbocycles. The minimum Gasteiger partial charge on any atom is -0.431 e. The zero-order valence-electron chi connectivity index (χ0n) is 32.3. The standard InChI is InChI=1S/C45H45ClN8O4/c1-52(2)39(33-11-6-12-34(46)25-33)43(55)53-23-7-13-37(53)41-48-26-35(50-41)30-19-15-28(16-20-30)29-17-21-31(22-18-29)36-27-49-42(51-36)38-14-8-24-54(38)44(56)40(58-45(47)57)32-9-4-3-5-10-32/h3-6,9-12,15-22,25-27,37-40H,7-8,13-14,23-24H2,1-2H3,(H2,47,57)(H,48,50)(H,49,51)/t37-,38-,39?,40+/m0/s1. The summed E-state index contributed by atoms with van der Waals surface area (Å²) in [4.78, 5) is 61.4. The van der Waals surface area contributed by atoms with Gasteiger partial charge in [-0.2, -0.15) is 0 Å². The van der Waals surface area contributed by atoms with Gasteiger partial charge in [0.1, 0.15) is 17.7 Å². The summed E-state index contributed by atoms with van der Waals surface area (Å²) in [6.07, 6.45) is 4.76. The number of amides is 3. The van der Waals surface area contributed by atoms with Gasteiger partial charge in [0.05, 0.1) is 35.9 Å². The van der Waals surface area contributed by atoms with Gasteiger partial charge in [0.15, 0.2) is 0 Å². The van der Waals surface area contributed by atoms with Crippen LogP contribution in [0.2, 0.25) is 5.02 Å². The second kappa shape index (κ2) is 16.7. The molecule has 0 radical (unpaired) electrons. The molecule has 12 nitrogen and oxygen atoms in total. The molecule has 8 rings (SSSR count). The Morgan fingerprint density at radius 3 is 1.71 bits per heavy atom. The predicted octanol–water partition coefficient (Wildman–Crippen LogP) is 8.25. The Hall–Kier alpha value is -6.24. The largest absolute Gasteiger partial charge is 0.431 e. The molecular weight excluding hydrogens is 752 g/mol. The molecule has 4 heterocycles. The van der Waals surface area contributed by atoms with Crippen LogP contribution in [0.15, 0.2) is 116 Å². The normalized spacial score (nSPS) is 17.7. The Balaban J connectivity index is 0.930. The number of halogens is 1. The smallest absolute Gasteiger partial charge is 0.405 e. The van der Waals surface area contributed by atoms with E-state index in [1.165, 1.54) is 0 Å². The topological polar surface area (TPSA) is 154 Å². The highest BCUT2D eigenvalue weighted by atomic mass is 35.5. The van der Waals surface area contributed by atoms with E-state index in [2.05, 4.69) is 51.4 Å². The number of hydrogen-bond donors (Lipinski definition) is 3. The third kappa shape index (κ3) is 7.98. The van der Waals surface area contributed by atoms with E-state index < -0.39 is 18.2 Å². The Labute approximate surface area is 342 Å². The molecular formula is C45H45ClN8O4. The van der Waals surface area contributed by atoms with Crippen LogP contribution >= 0.6 is 11.6 Å². The fourth-order valence-electron chi connectivity index (χ4n) is 8.27. The van der Waals surface area contributed by atoms with Crippen molar-refractivity contribution < 1.29 is 19.1 Å². The number of aromatic nitrogens is 4. The minimum absolute atomic E-state index is 0.0366. The van der Waals surface area contributed by atoms with Crippen molar-refractivity contribution in [1.82, 2.24) is 34.6 Å². The van der Waals surface area contributed by atoms with Crippen molar-refractivity contribution in [3.8, 4) is 33.6 Å². The van der Waals surface area contributed by atoms with E-state index in [0.717, 1.165) is 70.7 Å². The lowest BCUT2D eigenvalue weighted by Crippen LogP contribution is -2.40. The molecule has 296 valence electrons. The van der Waals surface area contributed by atoms with Crippen molar-refractivity contribution in [2.45, 2.75) is 49.9 Å². The molecule has 0 spiro atoms. The van der Waals surface area contributed by atoms with E-state index >= 15 is 0 Å². The van der Waals surface area contributed by atoms with E-state index in [1.54, 1.807) is 35.4 Å². The number of ether oxygens (including phenoxy) is 1. The van der Waals surface area contributed by atoms with Gasteiger partial charge in [0.2, 0.25) is 12.0 Å². The first kappa shape index (κ1) is 38.6. The molecule has 13 heteroatoms. The molecule has 0 bridgehead atoms. The van der Waals surface area contributed by atoms with Gasteiger partial charge in [-0.25, -0.2) is 14.8 Å². The van der Waals surface area contributed by atoms with Crippen molar-refractivity contribution in [2.24, 2.45) is 5.73 Å². The van der Waals surface area contributed by atoms with E-state index in [-0.39, 0.29) is 23.9 Å². The first-order valence-corrected chi connectivity index (χ1v) is 19.9. The molecule has 4 N–H and O–H groups in total. The average molecular weight is 797 g/mol. The number of likely N-dealkylation sites (tertiary alicyclic amines) is 2. The van der Waals surface area contributed by atoms with Crippen molar-refractivity contribution in [3.63, 3.8) is 0 Å². The van der Waals surface area contributed by atoms with E-state index in [1.807, 2.05) is 72.6 Å². The monoisotopic (exact) mass is 796 g/mol. The van der Waals surface area contributed by atoms with Crippen LogP contribution in [0, 0.1) is 0 Å². The molecule has 3 amide bonds. The second-order valence-electron chi connectivity index (χ2n) is 15.0. The fourth-order valence-corrected chi connectivity index (χ4v) is 8.47. The second-order valence-corrected chi connectivity index (χ2v) is 15.5. The highest BCUT2D eigenvalue weighted by molar-refractivity contribution is 6.30. The summed E-state index contributed by atoms with van der Waals surface area (Å²) in [5.74, 6) is 1.17. The molecule has 1 unspecified atom stereocenters. The zero-order chi connectivity index (χ0) is 40.3. The van der Waals surface area contributed by atoms with Crippen LogP contribution in [0.1, 0.15) is 72.7 Å². The first-order valence-electron chi connectivity index (χ1n) is 19.5. The van der Waals surface area contributed by atoms with Gasteiger partial charge in [-0.05, 0) is 79.7 Å². The molecule has 2 saturated heterocycles. The number of nitrogens with zero attached hydrogens (tertiary/aromatic N) is 5. The number of H-pyrrole nitrogens is 2. The Kier molecular flexibility index (Phi) is 11.1. The summed E-state index contributed by atoms with van der Waals surface area (Å²) in [7, 11) is 3.83. The van der Waals surface area contributed by atoms with E-state index in [0.29, 0.717) is 29.5 Å². The maximum Gasteiger partial charge on any atom is 0.405 e. The maximum absolute atomic E-state index is 14.0. The molecule has 6 aromatic rings. The van der Waals surface area contributed by atoms with Gasteiger partial charge >= 0.3 is 6.09 Å². The van der Waals surface area contributed by atoms with Crippen molar-refractivity contribution in [2.75, 3.05) is 27.2 Å². The number of likely N-dealkylation sites (N-methyl/N-ethyl adjacent to an activating group) is 1. The van der Waals surface area contributed by atoms with Gasteiger partial charge < -0.3 is 30.2 Å². The number of benzene rings is 4. The third-order valence-electron chi connectivity index (χ3n) is 11.1. The summed E-state index contributed by atoms with van der Waals surface area (Å²) >= 11 is 6.29. The van der Waals surface area contributed by atoms with Crippen molar-refractivity contribution in [3.05, 3.63) is 143 Å². The number of nitrogens with one attached hydrogen (secondary N) is 2. The van der Waals surface area contributed by atoms with Crippen LogP contribution in [0.4, 0.5) is 4.79 Å². The fraction of sp³-hybridized carbons (Fsp3) is 0.267. The van der Waals surface area contributed by atoms with Gasteiger partial charge in [-0.15, -0.1) is 0 Å².